The molecular weight excluding hydrogens is 316 g/mol. The molecule has 0 amide bonds. The van der Waals surface area contributed by atoms with Gasteiger partial charge in [0.25, 0.3) is 5.56 Å². The van der Waals surface area contributed by atoms with Crippen molar-refractivity contribution in [2.75, 3.05) is 13.7 Å². The van der Waals surface area contributed by atoms with Gasteiger partial charge in [0.15, 0.2) is 11.5 Å². The van der Waals surface area contributed by atoms with Gasteiger partial charge >= 0.3 is 0 Å². The van der Waals surface area contributed by atoms with E-state index in [0.717, 1.165) is 6.42 Å². The van der Waals surface area contributed by atoms with E-state index in [0.29, 0.717) is 39.9 Å². The molecule has 6 heteroatoms. The Hall–Kier alpha value is -2.45. The number of methoxy groups -OCH3 is 1. The van der Waals surface area contributed by atoms with Gasteiger partial charge in [-0.05, 0) is 25.5 Å². The second-order valence-electron chi connectivity index (χ2n) is 5.02. The summed E-state index contributed by atoms with van der Waals surface area (Å²) in [5.74, 6) is 0.933. The summed E-state index contributed by atoms with van der Waals surface area (Å²) in [6.07, 6.45) is 0.810. The van der Waals surface area contributed by atoms with Crippen molar-refractivity contribution in [3.63, 3.8) is 0 Å². The lowest BCUT2D eigenvalue weighted by atomic mass is 9.99. The Morgan fingerprint density at radius 2 is 2.04 bits per heavy atom. The van der Waals surface area contributed by atoms with Gasteiger partial charge < -0.3 is 14.5 Å². The van der Waals surface area contributed by atoms with Gasteiger partial charge in [0.05, 0.1) is 13.7 Å². The number of ether oxygens (including phenoxy) is 2. The Morgan fingerprint density at radius 3 is 2.65 bits per heavy atom. The maximum atomic E-state index is 12.0. The van der Waals surface area contributed by atoms with E-state index in [-0.39, 0.29) is 5.56 Å². The number of rotatable bonds is 5. The van der Waals surface area contributed by atoms with Crippen LogP contribution in [0.1, 0.15) is 24.6 Å². The van der Waals surface area contributed by atoms with Crippen LogP contribution >= 0.6 is 11.6 Å². The number of H-pyrrole nitrogens is 1. The molecule has 0 fully saturated rings. The van der Waals surface area contributed by atoms with E-state index < -0.39 is 5.56 Å². The number of aromatic nitrogens is 1. The van der Waals surface area contributed by atoms with Crippen molar-refractivity contribution < 1.29 is 9.47 Å². The summed E-state index contributed by atoms with van der Waals surface area (Å²) in [7, 11) is 1.52. The number of hydrogen-bond acceptors (Lipinski definition) is 4. The van der Waals surface area contributed by atoms with Crippen molar-refractivity contribution in [1.82, 2.24) is 4.98 Å². The zero-order chi connectivity index (χ0) is 17.0. The quantitative estimate of drug-likeness (QED) is 0.906. The Kier molecular flexibility index (Phi) is 5.30. The molecular formula is C17H17ClN2O3. The van der Waals surface area contributed by atoms with E-state index in [1.165, 1.54) is 7.11 Å². The predicted octanol–water partition coefficient (Wildman–Crippen LogP) is 3.67. The maximum Gasteiger partial charge on any atom is 0.266 e. The van der Waals surface area contributed by atoms with E-state index in [9.17, 15) is 10.1 Å². The smallest absolute Gasteiger partial charge is 0.266 e. The van der Waals surface area contributed by atoms with Crippen molar-refractivity contribution in [3.8, 4) is 28.7 Å². The third kappa shape index (κ3) is 3.49. The molecule has 1 aromatic carbocycles. The first-order valence-electron chi connectivity index (χ1n) is 7.16. The number of pyridine rings is 1. The first-order valence-corrected chi connectivity index (χ1v) is 7.54. The van der Waals surface area contributed by atoms with Crippen molar-refractivity contribution >= 4 is 11.6 Å². The second-order valence-corrected chi connectivity index (χ2v) is 5.45. The zero-order valence-electron chi connectivity index (χ0n) is 13.2. The number of aryl methyl sites for hydroxylation is 1. The Balaban J connectivity index is 2.80. The SMILES string of the molecule is CCCOc1c(OC)cc(Cl)cc1-c1cc(C)[nH]c(=O)c1C#N. The molecule has 2 rings (SSSR count). The largest absolute Gasteiger partial charge is 0.493 e. The number of benzene rings is 1. The second kappa shape index (κ2) is 7.21. The van der Waals surface area contributed by atoms with Crippen molar-refractivity contribution in [2.45, 2.75) is 20.3 Å². The highest BCUT2D eigenvalue weighted by Gasteiger charge is 2.19. The van der Waals surface area contributed by atoms with Crippen LogP contribution in [0.5, 0.6) is 11.5 Å². The minimum absolute atomic E-state index is 0.0151. The topological polar surface area (TPSA) is 75.1 Å². The third-order valence-corrected chi connectivity index (χ3v) is 3.48. The van der Waals surface area contributed by atoms with Gasteiger partial charge in [-0.3, -0.25) is 4.79 Å². The molecule has 1 heterocycles. The number of nitrogens with zero attached hydrogens (tertiary/aromatic N) is 1. The molecule has 5 nitrogen and oxygen atoms in total. The molecule has 23 heavy (non-hydrogen) atoms. The zero-order valence-corrected chi connectivity index (χ0v) is 14.0. The Morgan fingerprint density at radius 1 is 1.30 bits per heavy atom. The van der Waals surface area contributed by atoms with Gasteiger partial charge in [-0.15, -0.1) is 0 Å². The monoisotopic (exact) mass is 332 g/mol. The first-order chi connectivity index (χ1) is 11.0. The molecule has 0 atom stereocenters. The predicted molar refractivity (Wildman–Crippen MR) is 89.3 cm³/mol. The number of aromatic amines is 1. The average Bonchev–Trinajstić information content (AvgIpc) is 2.52. The molecule has 120 valence electrons. The minimum Gasteiger partial charge on any atom is -0.493 e. The minimum atomic E-state index is -0.442. The van der Waals surface area contributed by atoms with Crippen LogP contribution in [0.15, 0.2) is 23.0 Å². The van der Waals surface area contributed by atoms with Crippen LogP contribution in [0.4, 0.5) is 0 Å². The summed E-state index contributed by atoms with van der Waals surface area (Å²) in [5.41, 5.74) is 1.25. The third-order valence-electron chi connectivity index (χ3n) is 3.26. The molecule has 0 unspecified atom stereocenters. The summed E-state index contributed by atoms with van der Waals surface area (Å²) < 4.78 is 11.1. The average molecular weight is 333 g/mol. The first kappa shape index (κ1) is 16.9. The van der Waals surface area contributed by atoms with E-state index in [4.69, 9.17) is 21.1 Å². The molecule has 0 saturated carbocycles. The van der Waals surface area contributed by atoms with Crippen LogP contribution in [0.3, 0.4) is 0 Å². The molecule has 0 aliphatic heterocycles. The molecule has 0 aliphatic rings. The number of hydrogen-bond donors (Lipinski definition) is 1. The fraction of sp³-hybridized carbons (Fsp3) is 0.294. The molecule has 1 N–H and O–H groups in total. The van der Waals surface area contributed by atoms with E-state index >= 15 is 0 Å². The number of nitriles is 1. The van der Waals surface area contributed by atoms with E-state index in [1.54, 1.807) is 25.1 Å². The fourth-order valence-electron chi connectivity index (χ4n) is 2.29. The highest BCUT2D eigenvalue weighted by molar-refractivity contribution is 6.31. The lowest BCUT2D eigenvalue weighted by Crippen LogP contribution is -2.13. The van der Waals surface area contributed by atoms with Crippen molar-refractivity contribution in [3.05, 3.63) is 44.8 Å². The summed E-state index contributed by atoms with van der Waals surface area (Å²) >= 11 is 6.16. The molecule has 0 radical (unpaired) electrons. The standard InChI is InChI=1S/C17H17ClN2O3/c1-4-5-23-16-13(7-11(18)8-15(16)22-3)12-6-10(2)20-17(21)14(12)9-19/h6-8H,4-5H2,1-3H3,(H,20,21). The van der Waals surface area contributed by atoms with Gasteiger partial charge in [0, 0.05) is 27.9 Å². The van der Waals surface area contributed by atoms with Gasteiger partial charge in [0.2, 0.25) is 0 Å². The van der Waals surface area contributed by atoms with E-state index in [1.807, 2.05) is 13.0 Å². The summed E-state index contributed by atoms with van der Waals surface area (Å²) in [4.78, 5) is 14.7. The van der Waals surface area contributed by atoms with E-state index in [2.05, 4.69) is 4.98 Å². The molecule has 0 bridgehead atoms. The van der Waals surface area contributed by atoms with Crippen LogP contribution in [-0.2, 0) is 0 Å². The van der Waals surface area contributed by atoms with Gasteiger partial charge in [-0.25, -0.2) is 0 Å². The van der Waals surface area contributed by atoms with Crippen LogP contribution in [0.25, 0.3) is 11.1 Å². The van der Waals surface area contributed by atoms with Crippen molar-refractivity contribution in [2.24, 2.45) is 0 Å². The highest BCUT2D eigenvalue weighted by Crippen LogP contribution is 2.41. The number of nitrogens with one attached hydrogen (secondary N) is 1. The fourth-order valence-corrected chi connectivity index (χ4v) is 2.49. The highest BCUT2D eigenvalue weighted by atomic mass is 35.5. The van der Waals surface area contributed by atoms with Gasteiger partial charge in [0.1, 0.15) is 11.6 Å². The summed E-state index contributed by atoms with van der Waals surface area (Å²) in [6, 6.07) is 6.98. The normalized spacial score (nSPS) is 10.2. The lowest BCUT2D eigenvalue weighted by molar-refractivity contribution is 0.295. The Bertz CT molecular complexity index is 822. The van der Waals surface area contributed by atoms with Gasteiger partial charge in [-0.1, -0.05) is 18.5 Å². The van der Waals surface area contributed by atoms with Crippen molar-refractivity contribution in [1.29, 1.82) is 5.26 Å². The van der Waals surface area contributed by atoms with Crippen LogP contribution < -0.4 is 15.0 Å². The van der Waals surface area contributed by atoms with Gasteiger partial charge in [-0.2, -0.15) is 5.26 Å². The van der Waals surface area contributed by atoms with Crippen LogP contribution in [0.2, 0.25) is 5.02 Å². The van der Waals surface area contributed by atoms with Crippen LogP contribution in [0, 0.1) is 18.3 Å². The Labute approximate surface area is 139 Å². The molecule has 1 aromatic heterocycles. The molecule has 0 spiro atoms. The molecule has 0 aliphatic carbocycles. The maximum absolute atomic E-state index is 12.0. The molecule has 2 aromatic rings. The van der Waals surface area contributed by atoms with Crippen LogP contribution in [-0.4, -0.2) is 18.7 Å². The summed E-state index contributed by atoms with van der Waals surface area (Å²) in [6.45, 7) is 4.22. The lowest BCUT2D eigenvalue weighted by Gasteiger charge is -2.16. The summed E-state index contributed by atoms with van der Waals surface area (Å²) in [5, 5.41) is 9.77. The molecule has 0 saturated heterocycles. The number of halogens is 1.